The zero-order chi connectivity index (χ0) is 19.6. The van der Waals surface area contributed by atoms with Gasteiger partial charge in [-0.25, -0.2) is 8.42 Å². The number of aryl methyl sites for hydroxylation is 2. The Morgan fingerprint density at radius 1 is 1.33 bits per heavy atom. The predicted molar refractivity (Wildman–Crippen MR) is 98.3 cm³/mol. The van der Waals surface area contributed by atoms with Crippen molar-refractivity contribution in [3.05, 3.63) is 41.5 Å². The van der Waals surface area contributed by atoms with E-state index in [4.69, 9.17) is 4.52 Å². The lowest BCUT2D eigenvalue weighted by molar-refractivity contribution is -0.126. The molecule has 3 heterocycles. The highest BCUT2D eigenvalue weighted by Gasteiger charge is 2.36. The summed E-state index contributed by atoms with van der Waals surface area (Å²) in [5, 5.41) is 6.72. The molecule has 1 saturated heterocycles. The summed E-state index contributed by atoms with van der Waals surface area (Å²) in [4.78, 5) is 16.8. The number of aromatic nitrogens is 2. The highest BCUT2D eigenvalue weighted by Crippen LogP contribution is 2.28. The Morgan fingerprint density at radius 3 is 2.67 bits per heavy atom. The average molecular weight is 392 g/mol. The van der Waals surface area contributed by atoms with E-state index < -0.39 is 15.9 Å². The summed E-state index contributed by atoms with van der Waals surface area (Å²) in [5.74, 6) is -0.262. The third-order valence-electron chi connectivity index (χ3n) is 4.89. The number of nitrogens with zero attached hydrogens (tertiary/aromatic N) is 3. The number of piperidine rings is 1. The first-order valence-corrected chi connectivity index (χ1v) is 10.4. The molecule has 0 saturated carbocycles. The number of sulfonamides is 1. The second-order valence-electron chi connectivity index (χ2n) is 6.87. The number of rotatable bonds is 5. The van der Waals surface area contributed by atoms with Crippen molar-refractivity contribution in [2.75, 3.05) is 13.1 Å². The first-order chi connectivity index (χ1) is 12.8. The Bertz CT molecular complexity index is 891. The van der Waals surface area contributed by atoms with Gasteiger partial charge in [0.2, 0.25) is 15.9 Å². The highest BCUT2D eigenvalue weighted by atomic mass is 32.2. The fourth-order valence-electron chi connectivity index (χ4n) is 3.41. The number of hydrogen-bond donors (Lipinski definition) is 1. The molecule has 27 heavy (non-hydrogen) atoms. The molecule has 9 heteroatoms. The number of hydrogen-bond acceptors (Lipinski definition) is 6. The largest absolute Gasteiger partial charge is 0.360 e. The monoisotopic (exact) mass is 392 g/mol. The van der Waals surface area contributed by atoms with Crippen LogP contribution in [0, 0.1) is 19.8 Å². The molecule has 2 unspecified atom stereocenters. The summed E-state index contributed by atoms with van der Waals surface area (Å²) in [6, 6.07) is 3.52. The fourth-order valence-corrected chi connectivity index (χ4v) is 5.23. The van der Waals surface area contributed by atoms with Gasteiger partial charge in [0.1, 0.15) is 10.6 Å². The molecule has 0 spiro atoms. The van der Waals surface area contributed by atoms with Crippen LogP contribution in [0.3, 0.4) is 0 Å². The molecule has 2 aromatic heterocycles. The number of amides is 1. The minimum atomic E-state index is -3.74. The minimum Gasteiger partial charge on any atom is -0.360 e. The number of pyridine rings is 1. The summed E-state index contributed by atoms with van der Waals surface area (Å²) in [6.45, 7) is 5.62. The molecule has 0 bridgehead atoms. The summed E-state index contributed by atoms with van der Waals surface area (Å²) < 4.78 is 32.4. The Labute approximate surface area is 159 Å². The molecule has 8 nitrogen and oxygen atoms in total. The summed E-state index contributed by atoms with van der Waals surface area (Å²) in [5.41, 5.74) is 1.29. The molecule has 2 atom stereocenters. The minimum absolute atomic E-state index is 0.105. The van der Waals surface area contributed by atoms with Gasteiger partial charge in [0, 0.05) is 25.5 Å². The maximum absolute atomic E-state index is 13.0. The number of carbonyl (C=O) groups is 1. The van der Waals surface area contributed by atoms with E-state index in [2.05, 4.69) is 15.5 Å². The zero-order valence-corrected chi connectivity index (χ0v) is 16.5. The van der Waals surface area contributed by atoms with Crippen LogP contribution in [-0.2, 0) is 14.8 Å². The topological polar surface area (TPSA) is 105 Å². The maximum atomic E-state index is 13.0. The first-order valence-electron chi connectivity index (χ1n) is 8.94. The number of carbonyl (C=O) groups excluding carboxylic acids is 1. The Hall–Kier alpha value is -2.26. The van der Waals surface area contributed by atoms with E-state index in [9.17, 15) is 13.2 Å². The molecule has 1 amide bonds. The highest BCUT2D eigenvalue weighted by molar-refractivity contribution is 7.89. The van der Waals surface area contributed by atoms with Crippen molar-refractivity contribution in [1.29, 1.82) is 0 Å². The van der Waals surface area contributed by atoms with Gasteiger partial charge in [0.15, 0.2) is 5.76 Å². The molecule has 2 aromatic rings. The molecule has 1 N–H and O–H groups in total. The lowest BCUT2D eigenvalue weighted by Gasteiger charge is -2.31. The van der Waals surface area contributed by atoms with Crippen LogP contribution in [-0.4, -0.2) is 41.9 Å². The van der Waals surface area contributed by atoms with Crippen molar-refractivity contribution in [2.24, 2.45) is 5.92 Å². The summed E-state index contributed by atoms with van der Waals surface area (Å²) in [6.07, 6.45) is 4.64. The predicted octanol–water partition coefficient (Wildman–Crippen LogP) is 1.96. The molecule has 1 aliphatic rings. The van der Waals surface area contributed by atoms with Crippen LogP contribution in [0.25, 0.3) is 0 Å². The molecule has 0 aromatic carbocycles. The van der Waals surface area contributed by atoms with E-state index in [1.807, 2.05) is 19.1 Å². The molecule has 1 fully saturated rings. The molecule has 0 aliphatic carbocycles. The number of nitrogens with one attached hydrogen (secondary N) is 1. The molecule has 3 rings (SSSR count). The molecule has 0 radical (unpaired) electrons. The van der Waals surface area contributed by atoms with Gasteiger partial charge in [-0.05, 0) is 51.3 Å². The van der Waals surface area contributed by atoms with E-state index in [1.54, 1.807) is 26.2 Å². The standard InChI is InChI=1S/C18H24N4O4S/c1-12(15-6-8-19-9-7-15)20-18(23)16-5-4-10-22(11-16)27(24,25)17-13(2)21-26-14(17)3/h6-9,12,16H,4-5,10-11H2,1-3H3,(H,20,23). The van der Waals surface area contributed by atoms with Gasteiger partial charge in [-0.2, -0.15) is 4.31 Å². The third-order valence-corrected chi connectivity index (χ3v) is 7.00. The van der Waals surface area contributed by atoms with Crippen molar-refractivity contribution >= 4 is 15.9 Å². The van der Waals surface area contributed by atoms with Gasteiger partial charge in [-0.3, -0.25) is 9.78 Å². The van der Waals surface area contributed by atoms with E-state index in [1.165, 1.54) is 4.31 Å². The smallest absolute Gasteiger partial charge is 0.248 e. The quantitative estimate of drug-likeness (QED) is 0.834. The van der Waals surface area contributed by atoms with E-state index in [-0.39, 0.29) is 29.1 Å². The van der Waals surface area contributed by atoms with Crippen molar-refractivity contribution in [3.63, 3.8) is 0 Å². The third kappa shape index (κ3) is 4.03. The van der Waals surface area contributed by atoms with Crippen LogP contribution < -0.4 is 5.32 Å². The van der Waals surface area contributed by atoms with Crippen LogP contribution in [0.4, 0.5) is 0 Å². The van der Waals surface area contributed by atoms with Crippen molar-refractivity contribution in [2.45, 2.75) is 44.6 Å². The molecule has 1 aliphatic heterocycles. The fraction of sp³-hybridized carbons (Fsp3) is 0.500. The van der Waals surface area contributed by atoms with Crippen molar-refractivity contribution in [3.8, 4) is 0 Å². The van der Waals surface area contributed by atoms with Gasteiger partial charge in [0.05, 0.1) is 12.0 Å². The normalized spacial score (nSPS) is 19.6. The van der Waals surface area contributed by atoms with Crippen LogP contribution in [0.5, 0.6) is 0 Å². The lowest BCUT2D eigenvalue weighted by Crippen LogP contribution is -2.46. The summed E-state index contributed by atoms with van der Waals surface area (Å²) >= 11 is 0. The SMILES string of the molecule is Cc1noc(C)c1S(=O)(=O)N1CCCC(C(=O)NC(C)c2ccncc2)C1. The molecular weight excluding hydrogens is 368 g/mol. The first kappa shape index (κ1) is 19.5. The summed E-state index contributed by atoms with van der Waals surface area (Å²) in [7, 11) is -3.74. The Balaban J connectivity index is 1.71. The second-order valence-corrected chi connectivity index (χ2v) is 8.74. The van der Waals surface area contributed by atoms with Gasteiger partial charge in [-0.1, -0.05) is 5.16 Å². The molecular formula is C18H24N4O4S. The molecule has 146 valence electrons. The van der Waals surface area contributed by atoms with Gasteiger partial charge in [-0.15, -0.1) is 0 Å². The Morgan fingerprint density at radius 2 is 2.04 bits per heavy atom. The zero-order valence-electron chi connectivity index (χ0n) is 15.7. The van der Waals surface area contributed by atoms with Crippen molar-refractivity contribution in [1.82, 2.24) is 19.8 Å². The maximum Gasteiger partial charge on any atom is 0.248 e. The van der Waals surface area contributed by atoms with Gasteiger partial charge >= 0.3 is 0 Å². The van der Waals surface area contributed by atoms with Gasteiger partial charge in [0.25, 0.3) is 0 Å². The van der Waals surface area contributed by atoms with Crippen LogP contribution >= 0.6 is 0 Å². The van der Waals surface area contributed by atoms with Gasteiger partial charge < -0.3 is 9.84 Å². The lowest BCUT2D eigenvalue weighted by atomic mass is 9.98. The Kier molecular flexibility index (Phi) is 5.61. The van der Waals surface area contributed by atoms with E-state index in [0.29, 0.717) is 25.1 Å². The van der Waals surface area contributed by atoms with E-state index in [0.717, 1.165) is 5.56 Å². The van der Waals surface area contributed by atoms with E-state index >= 15 is 0 Å². The second kappa shape index (κ2) is 7.77. The van der Waals surface area contributed by atoms with Crippen LogP contribution in [0.2, 0.25) is 0 Å². The van der Waals surface area contributed by atoms with Crippen molar-refractivity contribution < 1.29 is 17.7 Å². The average Bonchev–Trinajstić information content (AvgIpc) is 3.01. The van der Waals surface area contributed by atoms with Crippen LogP contribution in [0.15, 0.2) is 33.9 Å². The van der Waals surface area contributed by atoms with Crippen LogP contribution in [0.1, 0.15) is 42.8 Å².